The Bertz CT molecular complexity index is 1270. The van der Waals surface area contributed by atoms with Crippen LogP contribution in [0, 0.1) is 11.3 Å². The van der Waals surface area contributed by atoms with E-state index in [2.05, 4.69) is 21.4 Å². The lowest BCUT2D eigenvalue weighted by atomic mass is 10.0. The molecule has 3 heterocycles. The zero-order chi connectivity index (χ0) is 23.0. The van der Waals surface area contributed by atoms with Crippen molar-refractivity contribution < 1.29 is 9.84 Å². The quantitative estimate of drug-likeness (QED) is 0.246. The van der Waals surface area contributed by atoms with Gasteiger partial charge >= 0.3 is 0 Å². The molecule has 3 aromatic heterocycles. The number of nitrogens with one attached hydrogen (secondary N) is 1. The van der Waals surface area contributed by atoms with E-state index in [1.54, 1.807) is 41.7 Å². The summed E-state index contributed by atoms with van der Waals surface area (Å²) in [5.74, 6) is 1.14. The van der Waals surface area contributed by atoms with E-state index in [0.717, 1.165) is 31.6 Å². The van der Waals surface area contributed by atoms with Gasteiger partial charge in [0.25, 0.3) is 0 Å². The van der Waals surface area contributed by atoms with E-state index in [-0.39, 0.29) is 6.61 Å². The number of benzene rings is 1. The van der Waals surface area contributed by atoms with Gasteiger partial charge in [0.05, 0.1) is 27.0 Å². The fourth-order valence-corrected chi connectivity index (χ4v) is 5.13. The van der Waals surface area contributed by atoms with E-state index >= 15 is 0 Å². The molecule has 0 bridgehead atoms. The fraction of sp³-hybridized carbons (Fsp3) is 0.167. The standard InChI is InChI=1S/C24H21N5O2S2/c1-32-23-19(14-25)21(16-5-3-9-26-15-16)22(33-23)20-8-10-27-24(29-20)28-17-6-2-7-18(13-17)31-12-4-11-30/h2-3,5-10,13,15,30H,4,11-12H2,1H3,(H,27,28,29). The molecule has 0 spiro atoms. The highest BCUT2D eigenvalue weighted by Crippen LogP contribution is 2.45. The third-order valence-corrected chi connectivity index (χ3v) is 7.00. The summed E-state index contributed by atoms with van der Waals surface area (Å²) >= 11 is 3.09. The summed E-state index contributed by atoms with van der Waals surface area (Å²) in [6, 6.07) is 15.5. The molecule has 0 unspecified atom stereocenters. The van der Waals surface area contributed by atoms with Gasteiger partial charge in [0, 0.05) is 54.5 Å². The Kier molecular flexibility index (Phi) is 7.52. The first kappa shape index (κ1) is 22.7. The van der Waals surface area contributed by atoms with Crippen molar-refractivity contribution in [1.29, 1.82) is 5.26 Å². The predicted molar refractivity (Wildman–Crippen MR) is 132 cm³/mol. The van der Waals surface area contributed by atoms with Gasteiger partial charge in [-0.2, -0.15) is 5.26 Å². The van der Waals surface area contributed by atoms with Crippen LogP contribution in [0.25, 0.3) is 21.7 Å². The summed E-state index contributed by atoms with van der Waals surface area (Å²) in [4.78, 5) is 14.2. The molecule has 0 saturated heterocycles. The molecule has 0 amide bonds. The van der Waals surface area contributed by atoms with Gasteiger partial charge in [0.2, 0.25) is 5.95 Å². The summed E-state index contributed by atoms with van der Waals surface area (Å²) in [5.41, 5.74) is 3.86. The highest BCUT2D eigenvalue weighted by atomic mass is 32.2. The summed E-state index contributed by atoms with van der Waals surface area (Å²) in [7, 11) is 0. The van der Waals surface area contributed by atoms with Crippen LogP contribution in [0.3, 0.4) is 0 Å². The van der Waals surface area contributed by atoms with Crippen LogP contribution in [-0.2, 0) is 0 Å². The maximum absolute atomic E-state index is 9.86. The van der Waals surface area contributed by atoms with Gasteiger partial charge in [-0.3, -0.25) is 4.98 Å². The van der Waals surface area contributed by atoms with Crippen LogP contribution in [0.4, 0.5) is 11.6 Å². The highest BCUT2D eigenvalue weighted by molar-refractivity contribution is 8.00. The van der Waals surface area contributed by atoms with E-state index in [1.807, 2.05) is 48.7 Å². The Morgan fingerprint density at radius 3 is 2.88 bits per heavy atom. The lowest BCUT2D eigenvalue weighted by Crippen LogP contribution is -2.01. The molecule has 0 radical (unpaired) electrons. The monoisotopic (exact) mass is 475 g/mol. The number of pyridine rings is 1. The normalized spacial score (nSPS) is 10.6. The molecule has 4 aromatic rings. The minimum absolute atomic E-state index is 0.0914. The van der Waals surface area contributed by atoms with Gasteiger partial charge in [0.1, 0.15) is 11.8 Å². The van der Waals surface area contributed by atoms with E-state index in [4.69, 9.17) is 14.8 Å². The van der Waals surface area contributed by atoms with E-state index in [0.29, 0.717) is 30.3 Å². The topological polar surface area (TPSA) is 104 Å². The number of aromatic nitrogens is 3. The second kappa shape index (κ2) is 10.9. The number of nitriles is 1. The Morgan fingerprint density at radius 1 is 1.21 bits per heavy atom. The minimum Gasteiger partial charge on any atom is -0.493 e. The van der Waals surface area contributed by atoms with Crippen LogP contribution < -0.4 is 10.1 Å². The summed E-state index contributed by atoms with van der Waals surface area (Å²) in [6.45, 7) is 0.536. The number of hydrogen-bond acceptors (Lipinski definition) is 9. The largest absolute Gasteiger partial charge is 0.493 e. The van der Waals surface area contributed by atoms with Crippen molar-refractivity contribution in [2.45, 2.75) is 10.6 Å². The molecule has 166 valence electrons. The Hall–Kier alpha value is -3.45. The Labute approximate surface area is 200 Å². The first-order valence-corrected chi connectivity index (χ1v) is 12.2. The number of thioether (sulfide) groups is 1. The molecule has 1 aromatic carbocycles. The lowest BCUT2D eigenvalue weighted by molar-refractivity contribution is 0.233. The number of rotatable bonds is 9. The highest BCUT2D eigenvalue weighted by Gasteiger charge is 2.21. The molecule has 0 saturated carbocycles. The molecule has 7 nitrogen and oxygen atoms in total. The maximum Gasteiger partial charge on any atom is 0.227 e. The molecular weight excluding hydrogens is 454 g/mol. The van der Waals surface area contributed by atoms with E-state index in [9.17, 15) is 5.26 Å². The number of anilines is 2. The van der Waals surface area contributed by atoms with Crippen molar-refractivity contribution in [3.8, 4) is 33.5 Å². The molecule has 4 rings (SSSR count). The molecule has 0 aliphatic heterocycles. The SMILES string of the molecule is CSc1sc(-c2ccnc(Nc3cccc(OCCCO)c3)n2)c(-c2cccnc2)c1C#N. The van der Waals surface area contributed by atoms with Gasteiger partial charge in [-0.05, 0) is 30.5 Å². The molecule has 33 heavy (non-hydrogen) atoms. The first-order valence-electron chi connectivity index (χ1n) is 10.2. The average Bonchev–Trinajstić information content (AvgIpc) is 3.24. The van der Waals surface area contributed by atoms with Gasteiger partial charge in [-0.25, -0.2) is 9.97 Å². The lowest BCUT2D eigenvalue weighted by Gasteiger charge is -2.10. The number of hydrogen-bond donors (Lipinski definition) is 2. The number of aliphatic hydroxyl groups excluding tert-OH is 1. The van der Waals surface area contributed by atoms with Crippen molar-refractivity contribution >= 4 is 34.7 Å². The van der Waals surface area contributed by atoms with Crippen molar-refractivity contribution in [2.24, 2.45) is 0 Å². The van der Waals surface area contributed by atoms with Crippen LogP contribution in [0.15, 0.2) is 65.3 Å². The predicted octanol–water partition coefficient (Wildman–Crippen LogP) is 5.37. The van der Waals surface area contributed by atoms with Gasteiger partial charge in [0.15, 0.2) is 0 Å². The van der Waals surface area contributed by atoms with Crippen molar-refractivity contribution in [3.05, 3.63) is 66.6 Å². The fourth-order valence-electron chi connectivity index (χ4n) is 3.21. The first-order chi connectivity index (χ1) is 16.2. The minimum atomic E-state index is 0.0914. The molecule has 0 aliphatic carbocycles. The number of nitrogens with zero attached hydrogens (tertiary/aromatic N) is 4. The zero-order valence-corrected chi connectivity index (χ0v) is 19.5. The van der Waals surface area contributed by atoms with E-state index in [1.165, 1.54) is 0 Å². The summed E-state index contributed by atoms with van der Waals surface area (Å²) in [6.07, 6.45) is 7.71. The summed E-state index contributed by atoms with van der Waals surface area (Å²) < 4.78 is 6.58. The van der Waals surface area contributed by atoms with Crippen LogP contribution in [-0.4, -0.2) is 39.5 Å². The molecule has 0 aliphatic rings. The second-order valence-corrected chi connectivity index (χ2v) is 8.97. The van der Waals surface area contributed by atoms with Gasteiger partial charge in [-0.1, -0.05) is 12.1 Å². The van der Waals surface area contributed by atoms with Crippen LogP contribution >= 0.6 is 23.1 Å². The number of ether oxygens (including phenoxy) is 1. The van der Waals surface area contributed by atoms with Gasteiger partial charge in [-0.15, -0.1) is 23.1 Å². The molecule has 0 atom stereocenters. The van der Waals surface area contributed by atoms with Crippen molar-refractivity contribution in [3.63, 3.8) is 0 Å². The van der Waals surface area contributed by atoms with E-state index < -0.39 is 0 Å². The molecule has 0 fully saturated rings. The third kappa shape index (κ3) is 5.31. The van der Waals surface area contributed by atoms with Crippen LogP contribution in [0.2, 0.25) is 0 Å². The average molecular weight is 476 g/mol. The number of thiophene rings is 1. The molecule has 9 heteroatoms. The van der Waals surface area contributed by atoms with Crippen LogP contribution in [0.5, 0.6) is 5.75 Å². The molecule has 2 N–H and O–H groups in total. The second-order valence-electron chi connectivity index (χ2n) is 6.87. The Morgan fingerprint density at radius 2 is 2.12 bits per heavy atom. The molecular formula is C24H21N5O2S2. The third-order valence-electron chi connectivity index (χ3n) is 4.67. The van der Waals surface area contributed by atoms with Gasteiger partial charge < -0.3 is 15.2 Å². The smallest absolute Gasteiger partial charge is 0.227 e. The summed E-state index contributed by atoms with van der Waals surface area (Å²) in [5, 5.41) is 22.0. The van der Waals surface area contributed by atoms with Crippen molar-refractivity contribution in [1.82, 2.24) is 15.0 Å². The van der Waals surface area contributed by atoms with Crippen LogP contribution in [0.1, 0.15) is 12.0 Å². The zero-order valence-electron chi connectivity index (χ0n) is 17.9. The maximum atomic E-state index is 9.86. The van der Waals surface area contributed by atoms with Crippen molar-refractivity contribution in [2.75, 3.05) is 24.8 Å². The Balaban J connectivity index is 1.67. The number of aliphatic hydroxyl groups is 1.